The summed E-state index contributed by atoms with van der Waals surface area (Å²) in [6.45, 7) is 4.03. The molecule has 1 heterocycles. The van der Waals surface area contributed by atoms with Crippen molar-refractivity contribution >= 4 is 0 Å². The van der Waals surface area contributed by atoms with Crippen LogP contribution in [0.5, 0.6) is 0 Å². The molecule has 0 bridgehead atoms. The summed E-state index contributed by atoms with van der Waals surface area (Å²) in [4.78, 5) is 2.77. The lowest BCUT2D eigenvalue weighted by Gasteiger charge is -2.42. The molecule has 1 saturated heterocycles. The fraction of sp³-hybridized carbons (Fsp3) is 1.00. The minimum Gasteiger partial charge on any atom is -0.327 e. The summed E-state index contributed by atoms with van der Waals surface area (Å²) in [5, 5.41) is 0. The van der Waals surface area contributed by atoms with Gasteiger partial charge in [-0.25, -0.2) is 0 Å². The van der Waals surface area contributed by atoms with Gasteiger partial charge >= 0.3 is 0 Å². The van der Waals surface area contributed by atoms with E-state index in [9.17, 15) is 0 Å². The predicted molar refractivity (Wildman–Crippen MR) is 81.1 cm³/mol. The maximum absolute atomic E-state index is 6.40. The zero-order chi connectivity index (χ0) is 13.1. The maximum atomic E-state index is 6.40. The van der Waals surface area contributed by atoms with E-state index in [0.717, 1.165) is 17.8 Å². The molecule has 2 heteroatoms. The quantitative estimate of drug-likeness (QED) is 0.775. The van der Waals surface area contributed by atoms with E-state index in [1.807, 2.05) is 0 Å². The molecule has 4 atom stereocenters. The number of nitrogens with two attached hydrogens (primary N) is 1. The van der Waals surface area contributed by atoms with Crippen molar-refractivity contribution in [1.29, 1.82) is 0 Å². The number of piperidine rings is 1. The molecule has 110 valence electrons. The first kappa shape index (κ1) is 13.9. The lowest BCUT2D eigenvalue weighted by atomic mass is 9.75. The molecule has 3 rings (SSSR count). The molecule has 1 aliphatic heterocycles. The molecule has 2 nitrogen and oxygen atoms in total. The van der Waals surface area contributed by atoms with Gasteiger partial charge in [0.05, 0.1) is 0 Å². The highest BCUT2D eigenvalue weighted by atomic mass is 15.1. The van der Waals surface area contributed by atoms with Crippen LogP contribution in [-0.4, -0.2) is 30.6 Å². The fourth-order valence-corrected chi connectivity index (χ4v) is 4.81. The molecule has 3 fully saturated rings. The van der Waals surface area contributed by atoms with E-state index in [0.29, 0.717) is 6.04 Å². The van der Waals surface area contributed by atoms with Gasteiger partial charge in [-0.05, 0) is 50.0 Å². The summed E-state index contributed by atoms with van der Waals surface area (Å²) >= 11 is 0. The highest BCUT2D eigenvalue weighted by Gasteiger charge is 2.32. The topological polar surface area (TPSA) is 29.3 Å². The third kappa shape index (κ3) is 3.52. The van der Waals surface area contributed by atoms with E-state index < -0.39 is 0 Å². The van der Waals surface area contributed by atoms with Gasteiger partial charge in [-0.3, -0.25) is 0 Å². The van der Waals surface area contributed by atoms with Crippen LogP contribution in [0.15, 0.2) is 0 Å². The molecule has 3 aliphatic rings. The summed E-state index contributed by atoms with van der Waals surface area (Å²) in [5.74, 6) is 2.86. The first-order valence-electron chi connectivity index (χ1n) is 8.81. The standard InChI is InChI=1S/C17H32N2/c18-17-9-3-1-2-8-16(17)13-19-11-10-14-6-4-5-7-15(14)12-19/h14-17H,1-13,18H2. The SMILES string of the molecule is NC1CCCCCC1CN1CCC2CCCCC2C1. The Balaban J connectivity index is 1.52. The van der Waals surface area contributed by atoms with Crippen molar-refractivity contribution in [2.75, 3.05) is 19.6 Å². The molecular formula is C17H32N2. The van der Waals surface area contributed by atoms with Crippen molar-refractivity contribution in [1.82, 2.24) is 4.90 Å². The second-order valence-electron chi connectivity index (χ2n) is 7.41. The first-order chi connectivity index (χ1) is 9.33. The summed E-state index contributed by atoms with van der Waals surface area (Å²) in [7, 11) is 0. The lowest BCUT2D eigenvalue weighted by Crippen LogP contribution is -2.46. The van der Waals surface area contributed by atoms with E-state index in [1.54, 1.807) is 0 Å². The summed E-state index contributed by atoms with van der Waals surface area (Å²) in [6, 6.07) is 0.478. The molecule has 2 saturated carbocycles. The Morgan fingerprint density at radius 3 is 2.42 bits per heavy atom. The van der Waals surface area contributed by atoms with Gasteiger partial charge in [-0.1, -0.05) is 38.5 Å². The molecule has 0 aromatic rings. The second kappa shape index (κ2) is 6.58. The fourth-order valence-electron chi connectivity index (χ4n) is 4.81. The number of rotatable bonds is 2. The Labute approximate surface area is 119 Å². The zero-order valence-corrected chi connectivity index (χ0v) is 12.5. The predicted octanol–water partition coefficient (Wildman–Crippen LogP) is 3.41. The first-order valence-corrected chi connectivity index (χ1v) is 8.81. The van der Waals surface area contributed by atoms with Crippen molar-refractivity contribution in [3.8, 4) is 0 Å². The number of nitrogens with zero attached hydrogens (tertiary/aromatic N) is 1. The average Bonchev–Trinajstić information content (AvgIpc) is 2.64. The number of hydrogen-bond donors (Lipinski definition) is 1. The third-order valence-electron chi connectivity index (χ3n) is 6.09. The van der Waals surface area contributed by atoms with Crippen LogP contribution in [0.2, 0.25) is 0 Å². The Hall–Kier alpha value is -0.0800. The van der Waals surface area contributed by atoms with Gasteiger partial charge in [-0.2, -0.15) is 0 Å². The molecule has 4 unspecified atom stereocenters. The van der Waals surface area contributed by atoms with Gasteiger partial charge in [0.1, 0.15) is 0 Å². The third-order valence-corrected chi connectivity index (χ3v) is 6.09. The van der Waals surface area contributed by atoms with Gasteiger partial charge in [0, 0.05) is 19.1 Å². The molecule has 0 spiro atoms. The van der Waals surface area contributed by atoms with Crippen molar-refractivity contribution in [2.45, 2.75) is 70.3 Å². The monoisotopic (exact) mass is 264 g/mol. The van der Waals surface area contributed by atoms with E-state index in [-0.39, 0.29) is 0 Å². The molecule has 0 aromatic carbocycles. The molecular weight excluding hydrogens is 232 g/mol. The molecule has 2 aliphatic carbocycles. The minimum absolute atomic E-state index is 0.478. The van der Waals surface area contributed by atoms with Crippen LogP contribution in [-0.2, 0) is 0 Å². The van der Waals surface area contributed by atoms with Crippen LogP contribution in [0.1, 0.15) is 64.2 Å². The maximum Gasteiger partial charge on any atom is 0.00793 e. The molecule has 2 N–H and O–H groups in total. The van der Waals surface area contributed by atoms with Gasteiger partial charge in [0.25, 0.3) is 0 Å². The summed E-state index contributed by atoms with van der Waals surface area (Å²) in [6.07, 6.45) is 14.3. The van der Waals surface area contributed by atoms with E-state index in [4.69, 9.17) is 5.73 Å². The Morgan fingerprint density at radius 2 is 1.53 bits per heavy atom. The van der Waals surface area contributed by atoms with Crippen LogP contribution in [0, 0.1) is 17.8 Å². The average molecular weight is 264 g/mol. The van der Waals surface area contributed by atoms with Crippen LogP contribution in [0.25, 0.3) is 0 Å². The van der Waals surface area contributed by atoms with Crippen molar-refractivity contribution in [3.05, 3.63) is 0 Å². The Morgan fingerprint density at radius 1 is 0.789 bits per heavy atom. The van der Waals surface area contributed by atoms with Crippen molar-refractivity contribution in [2.24, 2.45) is 23.5 Å². The Kier molecular flexibility index (Phi) is 4.81. The lowest BCUT2D eigenvalue weighted by molar-refractivity contribution is 0.0712. The van der Waals surface area contributed by atoms with Crippen LogP contribution >= 0.6 is 0 Å². The van der Waals surface area contributed by atoms with Crippen LogP contribution in [0.3, 0.4) is 0 Å². The second-order valence-corrected chi connectivity index (χ2v) is 7.41. The molecule has 0 amide bonds. The van der Waals surface area contributed by atoms with Crippen LogP contribution in [0.4, 0.5) is 0 Å². The van der Waals surface area contributed by atoms with Crippen molar-refractivity contribution in [3.63, 3.8) is 0 Å². The zero-order valence-electron chi connectivity index (χ0n) is 12.5. The normalized spacial score (nSPS) is 41.5. The minimum atomic E-state index is 0.478. The smallest absolute Gasteiger partial charge is 0.00793 e. The highest BCUT2D eigenvalue weighted by molar-refractivity contribution is 4.86. The molecule has 0 aromatic heterocycles. The largest absolute Gasteiger partial charge is 0.327 e. The van der Waals surface area contributed by atoms with E-state index >= 15 is 0 Å². The highest BCUT2D eigenvalue weighted by Crippen LogP contribution is 2.36. The summed E-state index contributed by atoms with van der Waals surface area (Å²) in [5.41, 5.74) is 6.40. The molecule has 19 heavy (non-hydrogen) atoms. The Bertz CT molecular complexity index is 278. The van der Waals surface area contributed by atoms with E-state index in [2.05, 4.69) is 4.90 Å². The number of likely N-dealkylation sites (tertiary alicyclic amines) is 1. The van der Waals surface area contributed by atoms with Gasteiger partial charge < -0.3 is 10.6 Å². The number of hydrogen-bond acceptors (Lipinski definition) is 2. The van der Waals surface area contributed by atoms with Crippen molar-refractivity contribution < 1.29 is 0 Å². The summed E-state index contributed by atoms with van der Waals surface area (Å²) < 4.78 is 0. The van der Waals surface area contributed by atoms with Crippen LogP contribution < -0.4 is 5.73 Å². The molecule has 0 radical (unpaired) electrons. The van der Waals surface area contributed by atoms with E-state index in [1.165, 1.54) is 83.8 Å². The van der Waals surface area contributed by atoms with Gasteiger partial charge in [0.2, 0.25) is 0 Å². The number of fused-ring (bicyclic) bond motifs is 1. The van der Waals surface area contributed by atoms with Gasteiger partial charge in [0.15, 0.2) is 0 Å². The van der Waals surface area contributed by atoms with Gasteiger partial charge in [-0.15, -0.1) is 0 Å².